The molecule has 1 saturated carbocycles. The highest BCUT2D eigenvalue weighted by molar-refractivity contribution is 5.94. The molecule has 1 aromatic carbocycles. The molecule has 1 aromatic rings. The van der Waals surface area contributed by atoms with Gasteiger partial charge in [-0.1, -0.05) is 19.3 Å². The van der Waals surface area contributed by atoms with Crippen LogP contribution in [0.5, 0.6) is 0 Å². The van der Waals surface area contributed by atoms with Crippen LogP contribution in [0.2, 0.25) is 0 Å². The third-order valence-electron chi connectivity index (χ3n) is 4.81. The van der Waals surface area contributed by atoms with Crippen LogP contribution in [0.15, 0.2) is 12.1 Å². The maximum Gasteiger partial charge on any atom is 0.254 e. The van der Waals surface area contributed by atoms with Crippen molar-refractivity contribution in [2.24, 2.45) is 11.8 Å². The van der Waals surface area contributed by atoms with Gasteiger partial charge in [0, 0.05) is 18.7 Å². The van der Waals surface area contributed by atoms with E-state index in [4.69, 9.17) is 0 Å². The molecule has 5 heteroatoms. The molecule has 1 aliphatic carbocycles. The Labute approximate surface area is 121 Å². The molecule has 1 aliphatic heterocycles. The van der Waals surface area contributed by atoms with Gasteiger partial charge in [-0.25, -0.2) is 13.2 Å². The number of hydrogen-bond donors (Lipinski definition) is 0. The van der Waals surface area contributed by atoms with Crippen molar-refractivity contribution in [1.82, 2.24) is 4.90 Å². The maximum atomic E-state index is 13.3. The Morgan fingerprint density at radius 2 is 1.62 bits per heavy atom. The predicted octanol–water partition coefficient (Wildman–Crippen LogP) is 3.76. The topological polar surface area (TPSA) is 20.3 Å². The predicted molar refractivity (Wildman–Crippen MR) is 72.3 cm³/mol. The second-order valence-electron chi connectivity index (χ2n) is 6.10. The maximum absolute atomic E-state index is 13.3. The minimum atomic E-state index is -1.53. The zero-order valence-corrected chi connectivity index (χ0v) is 11.7. The summed E-state index contributed by atoms with van der Waals surface area (Å²) in [6, 6.07) is 1.57. The fourth-order valence-electron chi connectivity index (χ4n) is 3.65. The number of carbonyl (C=O) groups excluding carboxylic acids is 1. The number of fused-ring (bicyclic) bond motifs is 1. The number of nitrogens with zero attached hydrogens (tertiary/aromatic N) is 1. The standard InChI is InChI=1S/C16H18F3NO/c17-13-7-12(8-14(18)15(13)19)16(21)20-6-5-10-3-1-2-4-11(10)9-20/h7-8,10-11H,1-6,9H2. The van der Waals surface area contributed by atoms with Gasteiger partial charge in [0.2, 0.25) is 0 Å². The van der Waals surface area contributed by atoms with E-state index in [-0.39, 0.29) is 5.56 Å². The summed E-state index contributed by atoms with van der Waals surface area (Å²) < 4.78 is 39.5. The van der Waals surface area contributed by atoms with Gasteiger partial charge in [0.1, 0.15) is 0 Å². The highest BCUT2D eigenvalue weighted by Gasteiger charge is 2.33. The molecule has 2 aliphatic rings. The molecule has 2 nitrogen and oxygen atoms in total. The van der Waals surface area contributed by atoms with Gasteiger partial charge in [-0.05, 0) is 36.8 Å². The number of piperidine rings is 1. The second-order valence-corrected chi connectivity index (χ2v) is 6.10. The summed E-state index contributed by atoms with van der Waals surface area (Å²) in [6.07, 6.45) is 5.71. The molecule has 0 bridgehead atoms. The van der Waals surface area contributed by atoms with Crippen LogP contribution >= 0.6 is 0 Å². The molecule has 1 amide bonds. The van der Waals surface area contributed by atoms with E-state index < -0.39 is 23.4 Å². The largest absolute Gasteiger partial charge is 0.338 e. The molecular formula is C16H18F3NO. The number of amides is 1. The molecule has 3 rings (SSSR count). The van der Waals surface area contributed by atoms with Gasteiger partial charge < -0.3 is 4.90 Å². The van der Waals surface area contributed by atoms with E-state index in [1.807, 2.05) is 0 Å². The van der Waals surface area contributed by atoms with Gasteiger partial charge in [-0.2, -0.15) is 0 Å². The quantitative estimate of drug-likeness (QED) is 0.723. The van der Waals surface area contributed by atoms with E-state index in [0.717, 1.165) is 25.0 Å². The lowest BCUT2D eigenvalue weighted by Crippen LogP contribution is -2.44. The van der Waals surface area contributed by atoms with E-state index in [0.29, 0.717) is 24.9 Å². The van der Waals surface area contributed by atoms with Crippen molar-refractivity contribution in [3.63, 3.8) is 0 Å². The Balaban J connectivity index is 1.76. The fraction of sp³-hybridized carbons (Fsp3) is 0.562. The average Bonchev–Trinajstić information content (AvgIpc) is 2.51. The SMILES string of the molecule is O=C(c1cc(F)c(F)c(F)c1)N1CCC2CCCCC2C1. The summed E-state index contributed by atoms with van der Waals surface area (Å²) in [6.45, 7) is 1.25. The van der Waals surface area contributed by atoms with Crippen molar-refractivity contribution in [2.45, 2.75) is 32.1 Å². The first-order valence-electron chi connectivity index (χ1n) is 7.50. The molecule has 2 atom stereocenters. The molecule has 0 aromatic heterocycles. The second kappa shape index (κ2) is 5.70. The van der Waals surface area contributed by atoms with Crippen LogP contribution in [0.1, 0.15) is 42.5 Å². The van der Waals surface area contributed by atoms with Crippen molar-refractivity contribution in [2.75, 3.05) is 13.1 Å². The zero-order valence-electron chi connectivity index (χ0n) is 11.7. The van der Waals surface area contributed by atoms with Crippen molar-refractivity contribution in [1.29, 1.82) is 0 Å². The molecule has 2 unspecified atom stereocenters. The van der Waals surface area contributed by atoms with Crippen LogP contribution < -0.4 is 0 Å². The van der Waals surface area contributed by atoms with Crippen LogP contribution in [0.25, 0.3) is 0 Å². The Morgan fingerprint density at radius 3 is 2.29 bits per heavy atom. The Bertz CT molecular complexity index is 537. The zero-order chi connectivity index (χ0) is 15.0. The molecule has 21 heavy (non-hydrogen) atoms. The van der Waals surface area contributed by atoms with E-state index in [1.165, 1.54) is 19.3 Å². The van der Waals surface area contributed by atoms with Crippen LogP contribution in [-0.2, 0) is 0 Å². The lowest BCUT2D eigenvalue weighted by molar-refractivity contribution is 0.0520. The minimum Gasteiger partial charge on any atom is -0.338 e. The number of rotatable bonds is 1. The van der Waals surface area contributed by atoms with Gasteiger partial charge in [0.15, 0.2) is 17.5 Å². The third-order valence-corrected chi connectivity index (χ3v) is 4.81. The summed E-state index contributed by atoms with van der Waals surface area (Å²) in [4.78, 5) is 14.0. The lowest BCUT2D eigenvalue weighted by Gasteiger charge is -2.41. The van der Waals surface area contributed by atoms with Gasteiger partial charge in [0.05, 0.1) is 0 Å². The first-order valence-corrected chi connectivity index (χ1v) is 7.50. The van der Waals surface area contributed by atoms with Crippen LogP contribution in [-0.4, -0.2) is 23.9 Å². The number of likely N-dealkylation sites (tertiary alicyclic amines) is 1. The first kappa shape index (κ1) is 14.4. The summed E-state index contributed by atoms with van der Waals surface area (Å²) in [5, 5.41) is 0. The Morgan fingerprint density at radius 1 is 1.00 bits per heavy atom. The van der Waals surface area contributed by atoms with Gasteiger partial charge in [-0.15, -0.1) is 0 Å². The molecule has 1 heterocycles. The van der Waals surface area contributed by atoms with Gasteiger partial charge >= 0.3 is 0 Å². The van der Waals surface area contributed by atoms with Crippen molar-refractivity contribution >= 4 is 5.91 Å². The summed E-state index contributed by atoms with van der Waals surface area (Å²) in [5.41, 5.74) is -0.111. The van der Waals surface area contributed by atoms with E-state index in [9.17, 15) is 18.0 Å². The monoisotopic (exact) mass is 297 g/mol. The highest BCUT2D eigenvalue weighted by atomic mass is 19.2. The smallest absolute Gasteiger partial charge is 0.254 e. The molecule has 1 saturated heterocycles. The van der Waals surface area contributed by atoms with Crippen molar-refractivity contribution in [3.05, 3.63) is 35.1 Å². The third kappa shape index (κ3) is 2.78. The summed E-state index contributed by atoms with van der Waals surface area (Å²) in [7, 11) is 0. The molecule has 0 N–H and O–H groups in total. The Hall–Kier alpha value is -1.52. The lowest BCUT2D eigenvalue weighted by atomic mass is 9.75. The number of halogens is 3. The molecule has 0 radical (unpaired) electrons. The van der Waals surface area contributed by atoms with Crippen LogP contribution in [0.3, 0.4) is 0 Å². The molecule has 2 fully saturated rings. The molecule has 114 valence electrons. The fourth-order valence-corrected chi connectivity index (χ4v) is 3.65. The number of carbonyl (C=O) groups is 1. The Kier molecular flexibility index (Phi) is 3.91. The first-order chi connectivity index (χ1) is 10.1. The molecule has 0 spiro atoms. The van der Waals surface area contributed by atoms with Gasteiger partial charge in [0.25, 0.3) is 5.91 Å². The van der Waals surface area contributed by atoms with E-state index in [1.54, 1.807) is 4.90 Å². The number of benzene rings is 1. The normalized spacial score (nSPS) is 25.6. The van der Waals surface area contributed by atoms with Crippen molar-refractivity contribution in [3.8, 4) is 0 Å². The van der Waals surface area contributed by atoms with Crippen molar-refractivity contribution < 1.29 is 18.0 Å². The van der Waals surface area contributed by atoms with Gasteiger partial charge in [-0.3, -0.25) is 4.79 Å². The average molecular weight is 297 g/mol. The minimum absolute atomic E-state index is 0.111. The number of hydrogen-bond acceptors (Lipinski definition) is 1. The highest BCUT2D eigenvalue weighted by Crippen LogP contribution is 2.36. The van der Waals surface area contributed by atoms with E-state index >= 15 is 0 Å². The van der Waals surface area contributed by atoms with E-state index in [2.05, 4.69) is 0 Å². The molecular weight excluding hydrogens is 279 g/mol. The van der Waals surface area contributed by atoms with Crippen LogP contribution in [0.4, 0.5) is 13.2 Å². The summed E-state index contributed by atoms with van der Waals surface area (Å²) in [5.74, 6) is -3.40. The summed E-state index contributed by atoms with van der Waals surface area (Å²) >= 11 is 0. The van der Waals surface area contributed by atoms with Crippen LogP contribution in [0, 0.1) is 29.3 Å².